The Morgan fingerprint density at radius 2 is 1.80 bits per heavy atom. The van der Waals surface area contributed by atoms with Gasteiger partial charge in [0.25, 0.3) is 5.91 Å². The summed E-state index contributed by atoms with van der Waals surface area (Å²) in [4.78, 5) is 15.8. The first-order valence-electron chi connectivity index (χ1n) is 6.14. The second-order valence-corrected chi connectivity index (χ2v) is 4.37. The Morgan fingerprint density at radius 1 is 1.00 bits per heavy atom. The highest BCUT2D eigenvalue weighted by Gasteiger charge is 2.10. The first-order chi connectivity index (χ1) is 9.74. The molecule has 4 heteroatoms. The molecule has 1 aromatic carbocycles. The highest BCUT2D eigenvalue weighted by Crippen LogP contribution is 2.26. The number of aromatic nitrogens is 1. The SMILES string of the molecule is NC(=O)c1cc(-c2ccoc2)cc(-c2ccccc2)n1. The van der Waals surface area contributed by atoms with Gasteiger partial charge < -0.3 is 10.2 Å². The van der Waals surface area contributed by atoms with Gasteiger partial charge >= 0.3 is 0 Å². The molecule has 0 saturated carbocycles. The largest absolute Gasteiger partial charge is 0.472 e. The van der Waals surface area contributed by atoms with E-state index in [4.69, 9.17) is 10.2 Å². The van der Waals surface area contributed by atoms with Crippen molar-refractivity contribution in [1.82, 2.24) is 4.98 Å². The van der Waals surface area contributed by atoms with Gasteiger partial charge in [0.1, 0.15) is 5.69 Å². The first-order valence-corrected chi connectivity index (χ1v) is 6.14. The van der Waals surface area contributed by atoms with Crippen molar-refractivity contribution in [2.24, 2.45) is 5.73 Å². The number of hydrogen-bond donors (Lipinski definition) is 1. The fourth-order valence-corrected chi connectivity index (χ4v) is 2.01. The van der Waals surface area contributed by atoms with Crippen LogP contribution in [0.4, 0.5) is 0 Å². The Labute approximate surface area is 115 Å². The molecule has 98 valence electrons. The molecule has 20 heavy (non-hydrogen) atoms. The Balaban J connectivity index is 2.18. The quantitative estimate of drug-likeness (QED) is 0.790. The molecule has 0 spiro atoms. The Morgan fingerprint density at radius 3 is 2.45 bits per heavy atom. The van der Waals surface area contributed by atoms with Crippen LogP contribution < -0.4 is 5.73 Å². The van der Waals surface area contributed by atoms with E-state index in [0.717, 1.165) is 16.7 Å². The molecule has 1 amide bonds. The van der Waals surface area contributed by atoms with Crippen LogP contribution in [0.3, 0.4) is 0 Å². The van der Waals surface area contributed by atoms with E-state index in [9.17, 15) is 4.79 Å². The van der Waals surface area contributed by atoms with Gasteiger partial charge in [0.2, 0.25) is 0 Å². The molecule has 3 rings (SSSR count). The molecule has 2 aromatic heterocycles. The number of pyridine rings is 1. The normalized spacial score (nSPS) is 10.4. The van der Waals surface area contributed by atoms with Gasteiger partial charge in [-0.3, -0.25) is 4.79 Å². The van der Waals surface area contributed by atoms with Gasteiger partial charge in [-0.15, -0.1) is 0 Å². The van der Waals surface area contributed by atoms with Crippen molar-refractivity contribution < 1.29 is 9.21 Å². The number of hydrogen-bond acceptors (Lipinski definition) is 3. The molecule has 0 aliphatic carbocycles. The number of amides is 1. The van der Waals surface area contributed by atoms with Crippen LogP contribution in [0.25, 0.3) is 22.4 Å². The van der Waals surface area contributed by atoms with E-state index in [2.05, 4.69) is 4.98 Å². The molecule has 0 saturated heterocycles. The lowest BCUT2D eigenvalue weighted by Crippen LogP contribution is -2.13. The number of furan rings is 1. The molecule has 0 unspecified atom stereocenters. The van der Waals surface area contributed by atoms with Crippen molar-refractivity contribution in [3.05, 3.63) is 66.8 Å². The van der Waals surface area contributed by atoms with E-state index < -0.39 is 5.91 Å². The third-order valence-electron chi connectivity index (χ3n) is 3.00. The molecule has 0 aliphatic heterocycles. The fraction of sp³-hybridized carbons (Fsp3) is 0. The standard InChI is InChI=1S/C16H12N2O2/c17-16(19)15-9-13(12-6-7-20-10-12)8-14(18-15)11-4-2-1-3-5-11/h1-10H,(H2,17,19). The molecule has 0 bridgehead atoms. The average molecular weight is 264 g/mol. The van der Waals surface area contributed by atoms with Crippen molar-refractivity contribution in [3.63, 3.8) is 0 Å². The van der Waals surface area contributed by atoms with E-state index in [0.29, 0.717) is 5.69 Å². The summed E-state index contributed by atoms with van der Waals surface area (Å²) in [5.41, 5.74) is 8.96. The van der Waals surface area contributed by atoms with Crippen LogP contribution in [-0.4, -0.2) is 10.9 Å². The molecule has 4 nitrogen and oxygen atoms in total. The van der Waals surface area contributed by atoms with Gasteiger partial charge in [0.15, 0.2) is 0 Å². The van der Waals surface area contributed by atoms with Crippen LogP contribution in [-0.2, 0) is 0 Å². The Hall–Kier alpha value is -2.88. The summed E-state index contributed by atoms with van der Waals surface area (Å²) in [5, 5.41) is 0. The third kappa shape index (κ3) is 2.31. The zero-order valence-electron chi connectivity index (χ0n) is 10.6. The number of rotatable bonds is 3. The minimum Gasteiger partial charge on any atom is -0.472 e. The van der Waals surface area contributed by atoms with Crippen LogP contribution in [0.2, 0.25) is 0 Å². The number of nitrogens with two attached hydrogens (primary N) is 1. The molecule has 0 radical (unpaired) electrons. The number of primary amides is 1. The van der Waals surface area contributed by atoms with Crippen molar-refractivity contribution in [2.75, 3.05) is 0 Å². The topological polar surface area (TPSA) is 69.1 Å². The monoisotopic (exact) mass is 264 g/mol. The lowest BCUT2D eigenvalue weighted by Gasteiger charge is -2.06. The van der Waals surface area contributed by atoms with Crippen LogP contribution in [0.5, 0.6) is 0 Å². The zero-order chi connectivity index (χ0) is 13.9. The highest BCUT2D eigenvalue weighted by molar-refractivity contribution is 5.93. The van der Waals surface area contributed by atoms with Crippen molar-refractivity contribution >= 4 is 5.91 Å². The average Bonchev–Trinajstić information content (AvgIpc) is 3.02. The zero-order valence-corrected chi connectivity index (χ0v) is 10.6. The summed E-state index contributed by atoms with van der Waals surface area (Å²) in [6.45, 7) is 0. The van der Waals surface area contributed by atoms with Gasteiger partial charge in [-0.2, -0.15) is 0 Å². The summed E-state index contributed by atoms with van der Waals surface area (Å²) in [6, 6.07) is 15.1. The predicted octanol–water partition coefficient (Wildman–Crippen LogP) is 3.11. The summed E-state index contributed by atoms with van der Waals surface area (Å²) in [5.74, 6) is -0.549. The lowest BCUT2D eigenvalue weighted by atomic mass is 10.0. The van der Waals surface area contributed by atoms with Crippen LogP contribution >= 0.6 is 0 Å². The Kier molecular flexibility index (Phi) is 3.05. The molecular weight excluding hydrogens is 252 g/mol. The smallest absolute Gasteiger partial charge is 0.267 e. The third-order valence-corrected chi connectivity index (χ3v) is 3.00. The summed E-state index contributed by atoms with van der Waals surface area (Å²) in [7, 11) is 0. The van der Waals surface area contributed by atoms with Gasteiger partial charge in [0, 0.05) is 11.1 Å². The number of carbonyl (C=O) groups is 1. The van der Waals surface area contributed by atoms with E-state index in [-0.39, 0.29) is 5.69 Å². The van der Waals surface area contributed by atoms with Crippen molar-refractivity contribution in [3.8, 4) is 22.4 Å². The van der Waals surface area contributed by atoms with Crippen LogP contribution in [0.15, 0.2) is 65.5 Å². The van der Waals surface area contributed by atoms with Crippen molar-refractivity contribution in [2.45, 2.75) is 0 Å². The maximum atomic E-state index is 11.4. The number of carbonyl (C=O) groups excluding carboxylic acids is 1. The number of benzene rings is 1. The Bertz CT molecular complexity index is 734. The highest BCUT2D eigenvalue weighted by atomic mass is 16.3. The van der Waals surface area contributed by atoms with Crippen molar-refractivity contribution in [1.29, 1.82) is 0 Å². The van der Waals surface area contributed by atoms with Gasteiger partial charge in [-0.1, -0.05) is 30.3 Å². The van der Waals surface area contributed by atoms with E-state index in [1.807, 2.05) is 42.5 Å². The summed E-state index contributed by atoms with van der Waals surface area (Å²) in [6.07, 6.45) is 3.21. The summed E-state index contributed by atoms with van der Waals surface area (Å²) >= 11 is 0. The van der Waals surface area contributed by atoms with E-state index in [1.54, 1.807) is 18.6 Å². The van der Waals surface area contributed by atoms with E-state index >= 15 is 0 Å². The molecule has 0 atom stereocenters. The fourth-order valence-electron chi connectivity index (χ4n) is 2.01. The lowest BCUT2D eigenvalue weighted by molar-refractivity contribution is 0.0995. The number of nitrogens with zero attached hydrogens (tertiary/aromatic N) is 1. The summed E-state index contributed by atoms with van der Waals surface area (Å²) < 4.78 is 5.08. The molecule has 0 fully saturated rings. The second kappa shape index (κ2) is 5.01. The van der Waals surface area contributed by atoms with Gasteiger partial charge in [-0.25, -0.2) is 4.98 Å². The maximum Gasteiger partial charge on any atom is 0.267 e. The minimum atomic E-state index is -0.549. The van der Waals surface area contributed by atoms with Crippen LogP contribution in [0, 0.1) is 0 Å². The second-order valence-electron chi connectivity index (χ2n) is 4.37. The minimum absolute atomic E-state index is 0.238. The molecule has 2 heterocycles. The van der Waals surface area contributed by atoms with Gasteiger partial charge in [-0.05, 0) is 23.8 Å². The molecule has 3 aromatic rings. The molecular formula is C16H12N2O2. The van der Waals surface area contributed by atoms with Crippen LogP contribution in [0.1, 0.15) is 10.5 Å². The first kappa shape index (κ1) is 12.2. The maximum absolute atomic E-state index is 11.4. The molecule has 0 aliphatic rings. The van der Waals surface area contributed by atoms with E-state index in [1.165, 1.54) is 0 Å². The molecule has 2 N–H and O–H groups in total. The predicted molar refractivity (Wildman–Crippen MR) is 75.9 cm³/mol. The van der Waals surface area contributed by atoms with Gasteiger partial charge in [0.05, 0.1) is 18.2 Å².